The lowest BCUT2D eigenvalue weighted by Crippen LogP contribution is -2.20. The number of pyridine rings is 1. The third-order valence-electron chi connectivity index (χ3n) is 2.72. The van der Waals surface area contributed by atoms with Crippen LogP contribution in [0.3, 0.4) is 0 Å². The van der Waals surface area contributed by atoms with E-state index in [9.17, 15) is 4.79 Å². The highest BCUT2D eigenvalue weighted by molar-refractivity contribution is 5.89. The van der Waals surface area contributed by atoms with Gasteiger partial charge in [-0.05, 0) is 37.8 Å². The van der Waals surface area contributed by atoms with Gasteiger partial charge in [-0.15, -0.1) is 0 Å². The van der Waals surface area contributed by atoms with Crippen molar-refractivity contribution in [2.24, 2.45) is 0 Å². The number of ether oxygens (including phenoxy) is 1. The molecular weight excluding hydrogens is 190 g/mol. The smallest absolute Gasteiger partial charge is 0.339 e. The monoisotopic (exact) mass is 205 g/mol. The standard InChI is InChI=1S/C12H15NO2/c14-12(10-5-4-8-13-9-10)15-11-6-2-1-3-7-11/h4-5,8-9,11H,1-3,6-7H2. The molecule has 0 N–H and O–H groups in total. The van der Waals surface area contributed by atoms with E-state index in [1.807, 2.05) is 0 Å². The van der Waals surface area contributed by atoms with E-state index in [0.29, 0.717) is 5.56 Å². The molecule has 1 fully saturated rings. The van der Waals surface area contributed by atoms with Crippen molar-refractivity contribution in [1.82, 2.24) is 4.98 Å². The van der Waals surface area contributed by atoms with Crippen LogP contribution < -0.4 is 0 Å². The van der Waals surface area contributed by atoms with Crippen LogP contribution >= 0.6 is 0 Å². The summed E-state index contributed by atoms with van der Waals surface area (Å²) in [4.78, 5) is 15.5. The van der Waals surface area contributed by atoms with Crippen molar-refractivity contribution in [3.8, 4) is 0 Å². The van der Waals surface area contributed by atoms with Gasteiger partial charge in [-0.3, -0.25) is 4.98 Å². The Balaban J connectivity index is 1.91. The third-order valence-corrected chi connectivity index (χ3v) is 2.72. The van der Waals surface area contributed by atoms with E-state index in [2.05, 4.69) is 4.98 Å². The fourth-order valence-corrected chi connectivity index (χ4v) is 1.89. The zero-order valence-corrected chi connectivity index (χ0v) is 8.69. The molecule has 1 aliphatic carbocycles. The Labute approximate surface area is 89.5 Å². The van der Waals surface area contributed by atoms with Gasteiger partial charge in [-0.1, -0.05) is 6.42 Å². The fraction of sp³-hybridized carbons (Fsp3) is 0.500. The van der Waals surface area contributed by atoms with E-state index >= 15 is 0 Å². The molecule has 0 unspecified atom stereocenters. The number of hydrogen-bond donors (Lipinski definition) is 0. The summed E-state index contributed by atoms with van der Waals surface area (Å²) in [6.45, 7) is 0. The second-order valence-corrected chi connectivity index (χ2v) is 3.91. The maximum absolute atomic E-state index is 11.7. The molecule has 2 rings (SSSR count). The van der Waals surface area contributed by atoms with E-state index in [-0.39, 0.29) is 12.1 Å². The summed E-state index contributed by atoms with van der Waals surface area (Å²) in [6.07, 6.45) is 8.93. The second-order valence-electron chi connectivity index (χ2n) is 3.91. The van der Waals surface area contributed by atoms with Crippen LogP contribution in [0.5, 0.6) is 0 Å². The molecule has 1 aromatic rings. The van der Waals surface area contributed by atoms with Crippen LogP contribution in [-0.4, -0.2) is 17.1 Å². The predicted molar refractivity (Wildman–Crippen MR) is 56.5 cm³/mol. The molecule has 15 heavy (non-hydrogen) atoms. The lowest BCUT2D eigenvalue weighted by atomic mass is 9.98. The van der Waals surface area contributed by atoms with E-state index in [0.717, 1.165) is 12.8 Å². The normalized spacial score (nSPS) is 17.3. The lowest BCUT2D eigenvalue weighted by Gasteiger charge is -2.21. The van der Waals surface area contributed by atoms with Gasteiger partial charge in [0.2, 0.25) is 0 Å². The molecule has 1 aliphatic rings. The van der Waals surface area contributed by atoms with Crippen molar-refractivity contribution in [3.63, 3.8) is 0 Å². The highest BCUT2D eigenvalue weighted by Crippen LogP contribution is 2.21. The summed E-state index contributed by atoms with van der Waals surface area (Å²) in [7, 11) is 0. The highest BCUT2D eigenvalue weighted by Gasteiger charge is 2.18. The summed E-state index contributed by atoms with van der Waals surface area (Å²) >= 11 is 0. The third kappa shape index (κ3) is 2.78. The Kier molecular flexibility index (Phi) is 3.33. The van der Waals surface area contributed by atoms with E-state index in [4.69, 9.17) is 4.74 Å². The molecule has 1 aromatic heterocycles. The van der Waals surface area contributed by atoms with Gasteiger partial charge in [0.05, 0.1) is 5.56 Å². The number of nitrogens with zero attached hydrogens (tertiary/aromatic N) is 1. The van der Waals surface area contributed by atoms with Gasteiger partial charge in [0, 0.05) is 12.4 Å². The number of rotatable bonds is 2. The van der Waals surface area contributed by atoms with Crippen molar-refractivity contribution in [3.05, 3.63) is 30.1 Å². The zero-order chi connectivity index (χ0) is 10.5. The molecule has 1 saturated carbocycles. The average molecular weight is 205 g/mol. The van der Waals surface area contributed by atoms with Gasteiger partial charge in [0.15, 0.2) is 0 Å². The molecule has 1 heterocycles. The van der Waals surface area contributed by atoms with Gasteiger partial charge >= 0.3 is 5.97 Å². The number of esters is 1. The van der Waals surface area contributed by atoms with Crippen LogP contribution in [0.25, 0.3) is 0 Å². The Morgan fingerprint density at radius 3 is 2.80 bits per heavy atom. The zero-order valence-electron chi connectivity index (χ0n) is 8.69. The van der Waals surface area contributed by atoms with Crippen molar-refractivity contribution >= 4 is 5.97 Å². The molecule has 3 nitrogen and oxygen atoms in total. The van der Waals surface area contributed by atoms with E-state index in [1.54, 1.807) is 24.5 Å². The molecule has 3 heteroatoms. The quantitative estimate of drug-likeness (QED) is 0.696. The first-order chi connectivity index (χ1) is 7.36. The topological polar surface area (TPSA) is 39.2 Å². The van der Waals surface area contributed by atoms with Crippen LogP contribution in [0.15, 0.2) is 24.5 Å². The van der Waals surface area contributed by atoms with Crippen molar-refractivity contribution in [2.75, 3.05) is 0 Å². The molecule has 0 aromatic carbocycles. The number of hydrogen-bond acceptors (Lipinski definition) is 3. The molecule has 0 spiro atoms. The number of carbonyl (C=O) groups excluding carboxylic acids is 1. The Morgan fingerprint density at radius 2 is 2.13 bits per heavy atom. The Hall–Kier alpha value is -1.38. The SMILES string of the molecule is O=C(OC1CCCCC1)c1cccnc1. The lowest BCUT2D eigenvalue weighted by molar-refractivity contribution is 0.0210. The molecule has 0 aliphatic heterocycles. The van der Waals surface area contributed by atoms with Crippen LogP contribution in [0.2, 0.25) is 0 Å². The maximum atomic E-state index is 11.7. The van der Waals surface area contributed by atoms with Crippen molar-refractivity contribution in [2.45, 2.75) is 38.2 Å². The largest absolute Gasteiger partial charge is 0.459 e. The van der Waals surface area contributed by atoms with Crippen molar-refractivity contribution in [1.29, 1.82) is 0 Å². The minimum Gasteiger partial charge on any atom is -0.459 e. The summed E-state index contributed by atoms with van der Waals surface area (Å²) in [5, 5.41) is 0. The van der Waals surface area contributed by atoms with Gasteiger partial charge in [0.25, 0.3) is 0 Å². The number of aromatic nitrogens is 1. The Morgan fingerprint density at radius 1 is 1.33 bits per heavy atom. The van der Waals surface area contributed by atoms with Crippen LogP contribution in [0, 0.1) is 0 Å². The summed E-state index contributed by atoms with van der Waals surface area (Å²) in [5.41, 5.74) is 0.545. The van der Waals surface area contributed by atoms with Gasteiger partial charge < -0.3 is 4.74 Å². The average Bonchev–Trinajstić information content (AvgIpc) is 2.31. The second kappa shape index (κ2) is 4.91. The van der Waals surface area contributed by atoms with E-state index < -0.39 is 0 Å². The molecule has 0 amide bonds. The summed E-state index contributed by atoms with van der Waals surface area (Å²) in [5.74, 6) is -0.241. The maximum Gasteiger partial charge on any atom is 0.339 e. The van der Waals surface area contributed by atoms with E-state index in [1.165, 1.54) is 19.3 Å². The predicted octanol–water partition coefficient (Wildman–Crippen LogP) is 2.57. The Bertz CT molecular complexity index is 318. The van der Waals surface area contributed by atoms with Crippen molar-refractivity contribution < 1.29 is 9.53 Å². The first-order valence-electron chi connectivity index (χ1n) is 5.47. The van der Waals surface area contributed by atoms with Crippen LogP contribution in [0.4, 0.5) is 0 Å². The van der Waals surface area contributed by atoms with Crippen LogP contribution in [0.1, 0.15) is 42.5 Å². The fourth-order valence-electron chi connectivity index (χ4n) is 1.89. The first kappa shape index (κ1) is 10.1. The summed E-state index contributed by atoms with van der Waals surface area (Å²) < 4.78 is 5.40. The number of carbonyl (C=O) groups is 1. The van der Waals surface area contributed by atoms with Gasteiger partial charge in [0.1, 0.15) is 6.10 Å². The molecule has 0 radical (unpaired) electrons. The molecule has 0 bridgehead atoms. The first-order valence-corrected chi connectivity index (χ1v) is 5.47. The minimum atomic E-state index is -0.241. The van der Waals surface area contributed by atoms with Crippen LogP contribution in [-0.2, 0) is 4.74 Å². The highest BCUT2D eigenvalue weighted by atomic mass is 16.5. The molecule has 80 valence electrons. The summed E-state index contributed by atoms with van der Waals surface area (Å²) in [6, 6.07) is 3.48. The van der Waals surface area contributed by atoms with Gasteiger partial charge in [-0.25, -0.2) is 4.79 Å². The van der Waals surface area contributed by atoms with Gasteiger partial charge in [-0.2, -0.15) is 0 Å². The minimum absolute atomic E-state index is 0.117. The molecule has 0 atom stereocenters. The molecule has 0 saturated heterocycles. The molecular formula is C12H15NO2.